The molecule has 5 nitrogen and oxygen atoms in total. The Kier molecular flexibility index (Phi) is 4.03. The maximum Gasteiger partial charge on any atom is 0.264 e. The van der Waals surface area contributed by atoms with Crippen molar-refractivity contribution >= 4 is 16.0 Å². The molecule has 0 saturated carbocycles. The Labute approximate surface area is 94.0 Å². The summed E-state index contributed by atoms with van der Waals surface area (Å²) in [6, 6.07) is 8.64. The number of carbonyl (C=O) groups excluding carboxylic acids is 1. The second-order valence-electron chi connectivity index (χ2n) is 3.44. The zero-order valence-corrected chi connectivity index (χ0v) is 9.35. The van der Waals surface area contributed by atoms with Crippen molar-refractivity contribution in [3.63, 3.8) is 0 Å². The SMILES string of the molecule is NC(=O)C(CCS(=O)(=O)O)c1ccccc1. The molecule has 0 aliphatic rings. The Morgan fingerprint density at radius 2 is 1.88 bits per heavy atom. The highest BCUT2D eigenvalue weighted by Crippen LogP contribution is 2.19. The van der Waals surface area contributed by atoms with Gasteiger partial charge in [0.05, 0.1) is 11.7 Å². The Balaban J connectivity index is 2.81. The molecular weight excluding hydrogens is 230 g/mol. The minimum absolute atomic E-state index is 0.0157. The zero-order chi connectivity index (χ0) is 12.2. The van der Waals surface area contributed by atoms with E-state index in [9.17, 15) is 13.2 Å². The van der Waals surface area contributed by atoms with Crippen LogP contribution < -0.4 is 5.73 Å². The number of rotatable bonds is 5. The van der Waals surface area contributed by atoms with Crippen molar-refractivity contribution in [1.29, 1.82) is 0 Å². The maximum absolute atomic E-state index is 11.2. The van der Waals surface area contributed by atoms with Crippen molar-refractivity contribution < 1.29 is 17.8 Å². The van der Waals surface area contributed by atoms with E-state index in [-0.39, 0.29) is 6.42 Å². The third-order valence-electron chi connectivity index (χ3n) is 2.21. The van der Waals surface area contributed by atoms with Crippen molar-refractivity contribution in [1.82, 2.24) is 0 Å². The summed E-state index contributed by atoms with van der Waals surface area (Å²) in [4.78, 5) is 11.2. The summed E-state index contributed by atoms with van der Waals surface area (Å²) in [6.45, 7) is 0. The average Bonchev–Trinajstić information content (AvgIpc) is 2.17. The third kappa shape index (κ3) is 4.00. The molecule has 1 aromatic rings. The standard InChI is InChI=1S/C10H13NO4S/c11-10(12)9(6-7-16(13,14)15)8-4-2-1-3-5-8/h1-5,9H,6-7H2,(H2,11,12)(H,13,14,15). The number of primary amides is 1. The second-order valence-corrected chi connectivity index (χ2v) is 5.01. The lowest BCUT2D eigenvalue weighted by Gasteiger charge is -2.12. The van der Waals surface area contributed by atoms with Gasteiger partial charge in [-0.15, -0.1) is 0 Å². The smallest absolute Gasteiger partial charge is 0.264 e. The first-order valence-corrected chi connectivity index (χ1v) is 6.30. The van der Waals surface area contributed by atoms with E-state index in [1.54, 1.807) is 30.3 Å². The number of amides is 1. The van der Waals surface area contributed by atoms with E-state index in [0.29, 0.717) is 5.56 Å². The van der Waals surface area contributed by atoms with Crippen LogP contribution in [-0.4, -0.2) is 24.6 Å². The Bertz CT molecular complexity index is 455. The average molecular weight is 243 g/mol. The van der Waals surface area contributed by atoms with Gasteiger partial charge in [0.1, 0.15) is 0 Å². The van der Waals surface area contributed by atoms with Crippen LogP contribution in [-0.2, 0) is 14.9 Å². The van der Waals surface area contributed by atoms with Gasteiger partial charge >= 0.3 is 0 Å². The quantitative estimate of drug-likeness (QED) is 0.737. The van der Waals surface area contributed by atoms with Gasteiger partial charge in [-0.3, -0.25) is 9.35 Å². The first-order chi connectivity index (χ1) is 7.40. The molecule has 1 amide bonds. The van der Waals surface area contributed by atoms with Crippen LogP contribution in [0.25, 0.3) is 0 Å². The van der Waals surface area contributed by atoms with E-state index in [1.807, 2.05) is 0 Å². The van der Waals surface area contributed by atoms with Gasteiger partial charge in [0.15, 0.2) is 0 Å². The topological polar surface area (TPSA) is 97.5 Å². The zero-order valence-electron chi connectivity index (χ0n) is 8.54. The van der Waals surface area contributed by atoms with Crippen molar-refractivity contribution in [2.45, 2.75) is 12.3 Å². The Morgan fingerprint density at radius 3 is 2.31 bits per heavy atom. The molecule has 88 valence electrons. The molecule has 0 aromatic heterocycles. The van der Waals surface area contributed by atoms with Gasteiger partial charge in [-0.05, 0) is 12.0 Å². The lowest BCUT2D eigenvalue weighted by molar-refractivity contribution is -0.119. The molecule has 1 atom stereocenters. The van der Waals surface area contributed by atoms with Crippen LogP contribution in [0, 0.1) is 0 Å². The van der Waals surface area contributed by atoms with E-state index < -0.39 is 27.7 Å². The number of hydrogen-bond donors (Lipinski definition) is 2. The van der Waals surface area contributed by atoms with Crippen LogP contribution in [0.2, 0.25) is 0 Å². The lowest BCUT2D eigenvalue weighted by Crippen LogP contribution is -2.23. The summed E-state index contributed by atoms with van der Waals surface area (Å²) in [5, 5.41) is 0. The highest BCUT2D eigenvalue weighted by atomic mass is 32.2. The highest BCUT2D eigenvalue weighted by Gasteiger charge is 2.20. The fraction of sp³-hybridized carbons (Fsp3) is 0.300. The number of nitrogens with two attached hydrogens (primary N) is 1. The van der Waals surface area contributed by atoms with E-state index >= 15 is 0 Å². The van der Waals surface area contributed by atoms with Gasteiger partial charge in [-0.1, -0.05) is 30.3 Å². The molecule has 6 heteroatoms. The molecule has 0 aliphatic heterocycles. The molecule has 0 heterocycles. The van der Waals surface area contributed by atoms with E-state index in [2.05, 4.69) is 0 Å². The second kappa shape index (κ2) is 5.09. The molecule has 1 aromatic carbocycles. The normalized spacial score (nSPS) is 13.3. The van der Waals surface area contributed by atoms with Crippen molar-refractivity contribution in [3.8, 4) is 0 Å². The first-order valence-electron chi connectivity index (χ1n) is 4.69. The molecule has 0 saturated heterocycles. The first kappa shape index (κ1) is 12.7. The van der Waals surface area contributed by atoms with Gasteiger partial charge in [-0.2, -0.15) is 8.42 Å². The molecule has 0 radical (unpaired) electrons. The van der Waals surface area contributed by atoms with Gasteiger partial charge in [0.2, 0.25) is 5.91 Å². The molecular formula is C10H13NO4S. The van der Waals surface area contributed by atoms with Gasteiger partial charge in [-0.25, -0.2) is 0 Å². The minimum atomic E-state index is -4.07. The summed E-state index contributed by atoms with van der Waals surface area (Å²) < 4.78 is 29.8. The van der Waals surface area contributed by atoms with Crippen LogP contribution in [0.15, 0.2) is 30.3 Å². The predicted octanol–water partition coefficient (Wildman–Crippen LogP) is 0.533. The molecule has 0 fully saturated rings. The van der Waals surface area contributed by atoms with E-state index in [0.717, 1.165) is 0 Å². The molecule has 0 aliphatic carbocycles. The fourth-order valence-electron chi connectivity index (χ4n) is 1.43. The van der Waals surface area contributed by atoms with Crippen molar-refractivity contribution in [2.75, 3.05) is 5.75 Å². The van der Waals surface area contributed by atoms with Crippen LogP contribution in [0.1, 0.15) is 17.9 Å². The largest absolute Gasteiger partial charge is 0.369 e. The molecule has 0 spiro atoms. The minimum Gasteiger partial charge on any atom is -0.369 e. The summed E-state index contributed by atoms with van der Waals surface area (Å²) in [6.07, 6.45) is -0.0157. The van der Waals surface area contributed by atoms with Gasteiger partial charge in [0.25, 0.3) is 10.1 Å². The van der Waals surface area contributed by atoms with Crippen LogP contribution >= 0.6 is 0 Å². The van der Waals surface area contributed by atoms with Gasteiger partial charge < -0.3 is 5.73 Å². The van der Waals surface area contributed by atoms with Crippen molar-refractivity contribution in [2.24, 2.45) is 5.73 Å². The number of carbonyl (C=O) groups is 1. The van der Waals surface area contributed by atoms with Crippen LogP contribution in [0.5, 0.6) is 0 Å². The Hall–Kier alpha value is -1.40. The Morgan fingerprint density at radius 1 is 1.31 bits per heavy atom. The monoisotopic (exact) mass is 243 g/mol. The van der Waals surface area contributed by atoms with Crippen LogP contribution in [0.4, 0.5) is 0 Å². The van der Waals surface area contributed by atoms with Gasteiger partial charge in [0, 0.05) is 0 Å². The fourth-order valence-corrected chi connectivity index (χ4v) is 1.96. The van der Waals surface area contributed by atoms with E-state index in [4.69, 9.17) is 10.3 Å². The molecule has 0 bridgehead atoms. The number of hydrogen-bond acceptors (Lipinski definition) is 3. The molecule has 1 unspecified atom stereocenters. The summed E-state index contributed by atoms with van der Waals surface area (Å²) >= 11 is 0. The lowest BCUT2D eigenvalue weighted by atomic mass is 9.96. The summed E-state index contributed by atoms with van der Waals surface area (Å²) in [5.74, 6) is -1.77. The molecule has 3 N–H and O–H groups in total. The predicted molar refractivity (Wildman–Crippen MR) is 59.4 cm³/mol. The molecule has 1 rings (SSSR count). The maximum atomic E-state index is 11.2. The molecule has 16 heavy (non-hydrogen) atoms. The highest BCUT2D eigenvalue weighted by molar-refractivity contribution is 7.85. The summed E-state index contributed by atoms with van der Waals surface area (Å²) in [5.41, 5.74) is 5.83. The van der Waals surface area contributed by atoms with Crippen LogP contribution in [0.3, 0.4) is 0 Å². The number of benzene rings is 1. The van der Waals surface area contributed by atoms with E-state index in [1.165, 1.54) is 0 Å². The third-order valence-corrected chi connectivity index (χ3v) is 2.96. The summed E-state index contributed by atoms with van der Waals surface area (Å²) in [7, 11) is -4.07. The van der Waals surface area contributed by atoms with Crippen molar-refractivity contribution in [3.05, 3.63) is 35.9 Å².